The molecule has 2 aliphatic rings. The molecule has 30 heavy (non-hydrogen) atoms. The number of ether oxygens (including phenoxy) is 2. The molecule has 1 aromatic heterocycles. The van der Waals surface area contributed by atoms with Gasteiger partial charge >= 0.3 is 6.03 Å². The number of benzene rings is 2. The average Bonchev–Trinajstić information content (AvgIpc) is 3.55. The zero-order valence-corrected chi connectivity index (χ0v) is 17.2. The first-order valence-electron chi connectivity index (χ1n) is 10.7. The maximum absolute atomic E-state index is 12.6. The van der Waals surface area contributed by atoms with Crippen LogP contribution in [-0.2, 0) is 6.42 Å². The summed E-state index contributed by atoms with van der Waals surface area (Å²) in [6, 6.07) is 14.1. The molecule has 2 aromatic carbocycles. The van der Waals surface area contributed by atoms with Crippen LogP contribution < -0.4 is 20.1 Å². The second-order valence-electron chi connectivity index (χ2n) is 8.14. The van der Waals surface area contributed by atoms with Crippen molar-refractivity contribution >= 4 is 16.9 Å². The van der Waals surface area contributed by atoms with Crippen LogP contribution in [0.4, 0.5) is 4.79 Å². The van der Waals surface area contributed by atoms with Crippen LogP contribution in [-0.4, -0.2) is 30.8 Å². The van der Waals surface area contributed by atoms with E-state index in [2.05, 4.69) is 34.7 Å². The zero-order chi connectivity index (χ0) is 20.5. The number of rotatable bonds is 6. The number of carbonyl (C=O) groups excluding carboxylic acids is 1. The molecule has 0 saturated heterocycles. The summed E-state index contributed by atoms with van der Waals surface area (Å²) in [6.45, 7) is 3.81. The van der Waals surface area contributed by atoms with E-state index in [1.807, 2.05) is 30.3 Å². The van der Waals surface area contributed by atoms with Gasteiger partial charge in [-0.3, -0.25) is 0 Å². The van der Waals surface area contributed by atoms with Gasteiger partial charge in [-0.1, -0.05) is 24.3 Å². The number of hydrogen-bond donors (Lipinski definition) is 3. The number of H-pyrrole nitrogens is 1. The molecule has 156 valence electrons. The van der Waals surface area contributed by atoms with Gasteiger partial charge in [-0.15, -0.1) is 0 Å². The quantitative estimate of drug-likeness (QED) is 0.574. The predicted octanol–water partition coefficient (Wildman–Crippen LogP) is 4.24. The van der Waals surface area contributed by atoms with E-state index in [0.29, 0.717) is 25.7 Å². The molecule has 1 fully saturated rings. The van der Waals surface area contributed by atoms with Gasteiger partial charge in [-0.25, -0.2) is 4.79 Å². The van der Waals surface area contributed by atoms with Gasteiger partial charge in [0.15, 0.2) is 11.5 Å². The third kappa shape index (κ3) is 3.82. The molecule has 6 heteroatoms. The maximum Gasteiger partial charge on any atom is 0.315 e. The minimum Gasteiger partial charge on any atom is -0.486 e. The van der Waals surface area contributed by atoms with Gasteiger partial charge in [-0.05, 0) is 61.4 Å². The molecule has 6 nitrogen and oxygen atoms in total. The fourth-order valence-electron chi connectivity index (χ4n) is 4.31. The number of aromatic amines is 1. The number of fused-ring (bicyclic) bond motifs is 2. The molecule has 0 radical (unpaired) electrons. The summed E-state index contributed by atoms with van der Waals surface area (Å²) in [5.74, 6) is 2.02. The van der Waals surface area contributed by atoms with Crippen molar-refractivity contribution in [3.05, 3.63) is 59.3 Å². The van der Waals surface area contributed by atoms with E-state index in [9.17, 15) is 4.79 Å². The summed E-state index contributed by atoms with van der Waals surface area (Å²) in [4.78, 5) is 16.1. The first kappa shape index (κ1) is 18.9. The van der Waals surface area contributed by atoms with Crippen molar-refractivity contribution in [3.63, 3.8) is 0 Å². The second-order valence-corrected chi connectivity index (χ2v) is 8.14. The van der Waals surface area contributed by atoms with Crippen LogP contribution in [0.15, 0.2) is 42.5 Å². The van der Waals surface area contributed by atoms with Gasteiger partial charge in [-0.2, -0.15) is 0 Å². The third-order valence-corrected chi connectivity index (χ3v) is 5.99. The molecule has 2 amide bonds. The van der Waals surface area contributed by atoms with Gasteiger partial charge in [0.1, 0.15) is 13.2 Å². The highest BCUT2D eigenvalue weighted by atomic mass is 16.6. The molecule has 0 bridgehead atoms. The lowest BCUT2D eigenvalue weighted by Gasteiger charge is -2.23. The smallest absolute Gasteiger partial charge is 0.315 e. The maximum atomic E-state index is 12.6. The Balaban J connectivity index is 1.22. The van der Waals surface area contributed by atoms with Crippen LogP contribution in [0.2, 0.25) is 0 Å². The molecule has 3 N–H and O–H groups in total. The van der Waals surface area contributed by atoms with E-state index in [1.54, 1.807) is 0 Å². The van der Waals surface area contributed by atoms with Crippen LogP contribution >= 0.6 is 0 Å². The van der Waals surface area contributed by atoms with Crippen LogP contribution in [0.3, 0.4) is 0 Å². The average molecular weight is 405 g/mol. The van der Waals surface area contributed by atoms with E-state index in [-0.39, 0.29) is 12.1 Å². The van der Waals surface area contributed by atoms with Crippen molar-refractivity contribution in [2.45, 2.75) is 32.2 Å². The molecule has 0 spiro atoms. The third-order valence-electron chi connectivity index (χ3n) is 5.99. The van der Waals surface area contributed by atoms with Gasteiger partial charge in [0, 0.05) is 23.1 Å². The minimum atomic E-state index is -0.126. The fourth-order valence-corrected chi connectivity index (χ4v) is 4.31. The zero-order valence-electron chi connectivity index (χ0n) is 17.2. The standard InChI is InChI=1S/C24H27N3O3/c1-15-18(19-4-2-3-5-20(19)26-15)10-11-25-24(28)27-23(16-6-7-16)17-8-9-21-22(14-17)30-13-12-29-21/h2-5,8-9,14,16,23,26H,6-7,10-13H2,1H3,(H2,25,27,28). The molecule has 1 aliphatic carbocycles. The molecular formula is C24H27N3O3. The monoisotopic (exact) mass is 405 g/mol. The minimum absolute atomic E-state index is 0.00403. The topological polar surface area (TPSA) is 75.4 Å². The molecular weight excluding hydrogens is 378 g/mol. The number of aryl methyl sites for hydroxylation is 1. The summed E-state index contributed by atoms with van der Waals surface area (Å²) in [5.41, 5.74) is 4.63. The summed E-state index contributed by atoms with van der Waals surface area (Å²) in [6.07, 6.45) is 3.06. The number of hydrogen-bond acceptors (Lipinski definition) is 3. The summed E-state index contributed by atoms with van der Waals surface area (Å²) >= 11 is 0. The normalized spacial score (nSPS) is 16.3. The lowest BCUT2D eigenvalue weighted by atomic mass is 10.0. The Morgan fingerprint density at radius 2 is 1.93 bits per heavy atom. The van der Waals surface area contributed by atoms with Crippen molar-refractivity contribution in [2.24, 2.45) is 5.92 Å². The van der Waals surface area contributed by atoms with E-state index >= 15 is 0 Å². The number of aromatic nitrogens is 1. The Hall–Kier alpha value is -3.15. The Kier molecular flexibility index (Phi) is 4.99. The van der Waals surface area contributed by atoms with Gasteiger partial charge in [0.25, 0.3) is 0 Å². The first-order valence-corrected chi connectivity index (χ1v) is 10.7. The molecule has 1 unspecified atom stereocenters. The van der Waals surface area contributed by atoms with Gasteiger partial charge in [0.2, 0.25) is 0 Å². The lowest BCUT2D eigenvalue weighted by molar-refractivity contribution is 0.171. The molecule has 5 rings (SSSR count). The lowest BCUT2D eigenvalue weighted by Crippen LogP contribution is -2.39. The number of para-hydroxylation sites is 1. The van der Waals surface area contributed by atoms with Crippen molar-refractivity contribution in [1.82, 2.24) is 15.6 Å². The fraction of sp³-hybridized carbons (Fsp3) is 0.375. The van der Waals surface area contributed by atoms with Gasteiger partial charge in [0.05, 0.1) is 6.04 Å². The van der Waals surface area contributed by atoms with Crippen molar-refractivity contribution in [3.8, 4) is 11.5 Å². The number of urea groups is 1. The highest BCUT2D eigenvalue weighted by Gasteiger charge is 2.34. The Morgan fingerprint density at radius 3 is 2.77 bits per heavy atom. The Bertz CT molecular complexity index is 1070. The molecule has 1 aliphatic heterocycles. The van der Waals surface area contributed by atoms with E-state index < -0.39 is 0 Å². The summed E-state index contributed by atoms with van der Waals surface area (Å²) in [5, 5.41) is 7.44. The van der Waals surface area contributed by atoms with Crippen LogP contribution in [0.5, 0.6) is 11.5 Å². The van der Waals surface area contributed by atoms with E-state index in [4.69, 9.17) is 9.47 Å². The highest BCUT2D eigenvalue weighted by molar-refractivity contribution is 5.84. The van der Waals surface area contributed by atoms with Crippen LogP contribution in [0.25, 0.3) is 10.9 Å². The summed E-state index contributed by atoms with van der Waals surface area (Å²) in [7, 11) is 0. The second kappa shape index (κ2) is 7.94. The van der Waals surface area contributed by atoms with Crippen molar-refractivity contribution in [1.29, 1.82) is 0 Å². The highest BCUT2D eigenvalue weighted by Crippen LogP contribution is 2.43. The Labute approximate surface area is 176 Å². The molecule has 2 heterocycles. The number of amides is 2. The number of nitrogens with one attached hydrogen (secondary N) is 3. The molecule has 3 aromatic rings. The van der Waals surface area contributed by atoms with Crippen molar-refractivity contribution < 1.29 is 14.3 Å². The molecule has 1 saturated carbocycles. The van der Waals surface area contributed by atoms with Crippen LogP contribution in [0, 0.1) is 12.8 Å². The van der Waals surface area contributed by atoms with Gasteiger partial charge < -0.3 is 25.1 Å². The SMILES string of the molecule is Cc1[nH]c2ccccc2c1CCNC(=O)NC(c1ccc2c(c1)OCCO2)C1CC1. The molecule has 1 atom stereocenters. The number of carbonyl (C=O) groups is 1. The van der Waals surface area contributed by atoms with E-state index in [0.717, 1.165) is 47.5 Å². The van der Waals surface area contributed by atoms with Crippen molar-refractivity contribution in [2.75, 3.05) is 19.8 Å². The summed E-state index contributed by atoms with van der Waals surface area (Å²) < 4.78 is 11.3. The predicted molar refractivity (Wildman–Crippen MR) is 116 cm³/mol. The Morgan fingerprint density at radius 1 is 1.13 bits per heavy atom. The van der Waals surface area contributed by atoms with E-state index in [1.165, 1.54) is 10.9 Å². The van der Waals surface area contributed by atoms with Crippen LogP contribution in [0.1, 0.15) is 35.7 Å². The largest absolute Gasteiger partial charge is 0.486 e. The first-order chi connectivity index (χ1) is 14.7.